The van der Waals surface area contributed by atoms with Crippen LogP contribution in [0.2, 0.25) is 0 Å². The average Bonchev–Trinajstić information content (AvgIpc) is 3.61. The van der Waals surface area contributed by atoms with Gasteiger partial charge >= 0.3 is 0 Å². The first-order chi connectivity index (χ1) is 20.0. The molecule has 3 nitrogen and oxygen atoms in total. The minimum atomic E-state index is 0. The second-order valence-corrected chi connectivity index (χ2v) is 12.4. The molecule has 0 bridgehead atoms. The van der Waals surface area contributed by atoms with E-state index in [1.165, 1.54) is 36.3 Å². The zero-order valence-corrected chi connectivity index (χ0v) is 28.5. The molecule has 42 heavy (non-hydrogen) atoms. The number of nitrogens with zero attached hydrogens (tertiary/aromatic N) is 1. The molecule has 0 spiro atoms. The smallest absolute Gasteiger partial charge is 0.162 e. The predicted octanol–water partition coefficient (Wildman–Crippen LogP) is 11.2. The molecular weight excluding hydrogens is 735 g/mol. The maximum Gasteiger partial charge on any atom is 0.162 e. The fourth-order valence-electron chi connectivity index (χ4n) is 5.39. The molecule has 0 amide bonds. The van der Waals surface area contributed by atoms with Gasteiger partial charge in [0.1, 0.15) is 0 Å². The summed E-state index contributed by atoms with van der Waals surface area (Å²) in [4.78, 5) is 16.6. The van der Waals surface area contributed by atoms with Crippen molar-refractivity contribution in [3.63, 3.8) is 0 Å². The molecule has 2 aromatic heterocycles. The number of hydrogen-bond donors (Lipinski definition) is 1. The van der Waals surface area contributed by atoms with Crippen molar-refractivity contribution in [2.75, 3.05) is 0 Å². The first kappa shape index (κ1) is 32.0. The standard InChI is InChI=1S/C23H12NS2.C13H24O2.Ir/c1-2-8-15-14(7-1)13-17(23-24-18-10-4-6-12-20(18)26-23)21-16-9-3-5-11-19(16)25-22(15)21;1-5-10(6-2)12(14)9-13(15)11(7-3)8-4;/h1-12H;9-11,14H,5-8H2,1-4H3;/q-1;;/b;12-9-;. The number of ketones is 1. The van der Waals surface area contributed by atoms with Crippen LogP contribution in [0.1, 0.15) is 53.4 Å². The molecule has 1 radical (unpaired) electrons. The minimum absolute atomic E-state index is 0. The van der Waals surface area contributed by atoms with Crippen molar-refractivity contribution in [2.24, 2.45) is 11.8 Å². The summed E-state index contributed by atoms with van der Waals surface area (Å²) in [5, 5.41) is 15.8. The Hall–Kier alpha value is -2.89. The van der Waals surface area contributed by atoms with Crippen molar-refractivity contribution in [3.05, 3.63) is 90.7 Å². The molecule has 219 valence electrons. The van der Waals surface area contributed by atoms with Crippen molar-refractivity contribution in [1.29, 1.82) is 0 Å². The summed E-state index contributed by atoms with van der Waals surface area (Å²) in [6.45, 7) is 8.07. The van der Waals surface area contributed by atoms with E-state index in [1.807, 2.05) is 45.1 Å². The van der Waals surface area contributed by atoms with Gasteiger partial charge in [-0.3, -0.25) is 9.78 Å². The number of benzene rings is 4. The second-order valence-electron chi connectivity index (χ2n) is 10.3. The van der Waals surface area contributed by atoms with Crippen LogP contribution in [0.5, 0.6) is 0 Å². The molecule has 0 unspecified atom stereocenters. The summed E-state index contributed by atoms with van der Waals surface area (Å²) in [7, 11) is 0. The molecule has 0 saturated heterocycles. The number of hydrogen-bond acceptors (Lipinski definition) is 5. The van der Waals surface area contributed by atoms with Crippen LogP contribution in [0.25, 0.3) is 51.7 Å². The number of para-hydroxylation sites is 1. The number of fused-ring (bicyclic) bond motifs is 6. The van der Waals surface area contributed by atoms with Crippen molar-refractivity contribution in [1.82, 2.24) is 4.98 Å². The number of aromatic nitrogens is 1. The van der Waals surface area contributed by atoms with Gasteiger partial charge in [0.2, 0.25) is 0 Å². The maximum absolute atomic E-state index is 11.7. The Bertz CT molecular complexity index is 1810. The Kier molecular flexibility index (Phi) is 11.1. The minimum Gasteiger partial charge on any atom is -0.512 e. The van der Waals surface area contributed by atoms with Crippen LogP contribution < -0.4 is 0 Å². The first-order valence-electron chi connectivity index (χ1n) is 14.5. The topological polar surface area (TPSA) is 50.2 Å². The summed E-state index contributed by atoms with van der Waals surface area (Å²) < 4.78 is 3.86. The quantitative estimate of drug-likeness (QED) is 0.0953. The third-order valence-corrected chi connectivity index (χ3v) is 10.1. The first-order valence-corrected chi connectivity index (χ1v) is 16.2. The molecule has 0 aliphatic heterocycles. The van der Waals surface area contributed by atoms with E-state index in [2.05, 4.69) is 72.8 Å². The number of allylic oxidation sites excluding steroid dienone is 2. The van der Waals surface area contributed by atoms with Crippen LogP contribution in [-0.4, -0.2) is 15.9 Å². The zero-order valence-electron chi connectivity index (χ0n) is 24.4. The summed E-state index contributed by atoms with van der Waals surface area (Å²) in [5.41, 5.74) is 2.18. The van der Waals surface area contributed by atoms with Crippen LogP contribution in [0.4, 0.5) is 0 Å². The van der Waals surface area contributed by atoms with Gasteiger partial charge in [-0.25, -0.2) is 0 Å². The van der Waals surface area contributed by atoms with E-state index in [0.29, 0.717) is 0 Å². The third-order valence-electron chi connectivity index (χ3n) is 7.87. The van der Waals surface area contributed by atoms with E-state index in [9.17, 15) is 9.90 Å². The predicted molar refractivity (Wildman–Crippen MR) is 178 cm³/mol. The number of aliphatic hydroxyl groups excluding tert-OH is 1. The van der Waals surface area contributed by atoms with Gasteiger partial charge in [0.05, 0.1) is 16.3 Å². The molecule has 6 heteroatoms. The van der Waals surface area contributed by atoms with E-state index >= 15 is 0 Å². The van der Waals surface area contributed by atoms with E-state index in [0.717, 1.165) is 47.2 Å². The van der Waals surface area contributed by atoms with Gasteiger partial charge in [-0.2, -0.15) is 22.7 Å². The van der Waals surface area contributed by atoms with E-state index in [-0.39, 0.29) is 43.5 Å². The summed E-state index contributed by atoms with van der Waals surface area (Å²) >= 11 is 3.61. The van der Waals surface area contributed by atoms with Gasteiger partial charge in [0, 0.05) is 47.4 Å². The van der Waals surface area contributed by atoms with Crippen LogP contribution in [0, 0.1) is 17.9 Å². The van der Waals surface area contributed by atoms with Gasteiger partial charge < -0.3 is 5.11 Å². The number of carbonyl (C=O) groups is 1. The fourth-order valence-corrected chi connectivity index (χ4v) is 7.61. The van der Waals surface area contributed by atoms with Gasteiger partial charge in [0.25, 0.3) is 0 Å². The van der Waals surface area contributed by atoms with Gasteiger partial charge in [-0.05, 0) is 54.0 Å². The molecule has 6 aromatic rings. The molecule has 0 aliphatic carbocycles. The molecular formula is C36H36IrNO2S2-. The molecule has 1 N–H and O–H groups in total. The molecule has 0 fully saturated rings. The van der Waals surface area contributed by atoms with E-state index < -0.39 is 0 Å². The van der Waals surface area contributed by atoms with Crippen molar-refractivity contribution >= 4 is 69.6 Å². The van der Waals surface area contributed by atoms with Crippen molar-refractivity contribution < 1.29 is 30.0 Å². The monoisotopic (exact) mass is 771 g/mol. The Balaban J connectivity index is 0.000000221. The fraction of sp³-hybridized carbons (Fsp3) is 0.278. The Morgan fingerprint density at radius 1 is 0.810 bits per heavy atom. The van der Waals surface area contributed by atoms with Gasteiger partial charge in [-0.1, -0.05) is 92.6 Å². The largest absolute Gasteiger partial charge is 0.512 e. The molecule has 0 atom stereocenters. The molecule has 2 heterocycles. The molecule has 0 aliphatic rings. The number of aliphatic hydroxyl groups is 1. The zero-order chi connectivity index (χ0) is 28.9. The number of thiophene rings is 1. The van der Waals surface area contributed by atoms with E-state index in [4.69, 9.17) is 4.98 Å². The summed E-state index contributed by atoms with van der Waals surface area (Å²) in [5.74, 6) is 0.547. The summed E-state index contributed by atoms with van der Waals surface area (Å²) in [6, 6.07) is 29.2. The van der Waals surface area contributed by atoms with E-state index in [1.54, 1.807) is 11.3 Å². The van der Waals surface area contributed by atoms with Crippen molar-refractivity contribution in [2.45, 2.75) is 53.4 Å². The summed E-state index contributed by atoms with van der Waals surface area (Å²) in [6.07, 6.45) is 4.91. The Labute approximate surface area is 269 Å². The van der Waals surface area contributed by atoms with Crippen LogP contribution >= 0.6 is 22.7 Å². The van der Waals surface area contributed by atoms with Crippen LogP contribution in [0.3, 0.4) is 0 Å². The SMILES string of the molecule is CCC(CC)C(=O)/C=C(\O)C(CC)CC.[Ir].[c-]1c(-c2nc3ccccc3s2)c2c3ccccc3sc2c2ccccc12. The number of thiazole rings is 1. The second kappa shape index (κ2) is 14.5. The number of rotatable bonds is 8. The Morgan fingerprint density at radius 3 is 2.07 bits per heavy atom. The maximum atomic E-state index is 11.7. The normalized spacial score (nSPS) is 11.8. The Morgan fingerprint density at radius 2 is 1.40 bits per heavy atom. The van der Waals surface area contributed by atoms with Crippen molar-refractivity contribution in [3.8, 4) is 10.6 Å². The third kappa shape index (κ3) is 6.53. The molecule has 6 rings (SSSR count). The van der Waals surface area contributed by atoms with Gasteiger partial charge in [-0.15, -0.1) is 17.5 Å². The average molecular weight is 771 g/mol. The molecule has 0 saturated carbocycles. The van der Waals surface area contributed by atoms with Crippen LogP contribution in [-0.2, 0) is 24.9 Å². The number of carbonyl (C=O) groups excluding carboxylic acids is 1. The molecule has 4 aromatic carbocycles. The van der Waals surface area contributed by atoms with Crippen LogP contribution in [0.15, 0.2) is 84.6 Å². The van der Waals surface area contributed by atoms with Gasteiger partial charge in [0.15, 0.2) is 5.78 Å².